The number of benzene rings is 1. The van der Waals surface area contributed by atoms with Gasteiger partial charge in [-0.05, 0) is 24.1 Å². The fourth-order valence-corrected chi connectivity index (χ4v) is 1.77. The molecule has 0 aromatic carbocycles. The van der Waals surface area contributed by atoms with Gasteiger partial charge in [0.05, 0.1) is 0 Å². The molecule has 0 atom stereocenters. The Morgan fingerprint density at radius 3 is 2.21 bits per heavy atom. The van der Waals surface area contributed by atoms with Gasteiger partial charge < -0.3 is 5.11 Å². The first kappa shape index (κ1) is 13.1. The third-order valence-electron chi connectivity index (χ3n) is 2.77. The van der Waals surface area contributed by atoms with Crippen molar-refractivity contribution in [2.24, 2.45) is 0 Å². The standard InChI is InChI=1S/C7H10N2O3.C6H4O/c1-5(10)8-9-6(11)3-2-4-7(9)12;7-6-2-1-4-3-5(4)6/h2-4H2,1H3,(H,8,10);1-3,7H. The first-order valence-electron chi connectivity index (χ1n) is 5.95. The number of fused-ring (bicyclic) bond motifs is 1. The summed E-state index contributed by atoms with van der Waals surface area (Å²) in [6.07, 6.45) is 1.23. The average molecular weight is 262 g/mol. The molecule has 2 aliphatic carbocycles. The molecule has 1 aliphatic heterocycles. The Hall–Kier alpha value is -2.37. The van der Waals surface area contributed by atoms with Crippen LogP contribution in [0.3, 0.4) is 0 Å². The fourth-order valence-electron chi connectivity index (χ4n) is 1.77. The van der Waals surface area contributed by atoms with Gasteiger partial charge >= 0.3 is 0 Å². The number of phenolic OH excluding ortho intramolecular Hbond substituents is 1. The molecule has 19 heavy (non-hydrogen) atoms. The van der Waals surface area contributed by atoms with Gasteiger partial charge in [-0.15, -0.1) is 0 Å². The normalized spacial score (nSPS) is 15.5. The number of imide groups is 1. The van der Waals surface area contributed by atoms with Crippen LogP contribution in [-0.2, 0) is 14.4 Å². The van der Waals surface area contributed by atoms with E-state index in [9.17, 15) is 14.4 Å². The van der Waals surface area contributed by atoms with E-state index in [-0.39, 0.29) is 11.8 Å². The first-order chi connectivity index (χ1) is 8.99. The van der Waals surface area contributed by atoms with E-state index in [1.807, 2.05) is 12.1 Å². The second-order valence-corrected chi connectivity index (χ2v) is 4.38. The molecule has 1 heterocycles. The van der Waals surface area contributed by atoms with E-state index in [4.69, 9.17) is 5.11 Å². The van der Waals surface area contributed by atoms with E-state index in [0.29, 0.717) is 25.0 Å². The van der Waals surface area contributed by atoms with Crippen molar-refractivity contribution in [3.05, 3.63) is 18.2 Å². The summed E-state index contributed by atoms with van der Waals surface area (Å²) in [5, 5.41) is 9.58. The van der Waals surface area contributed by atoms with E-state index in [2.05, 4.69) is 5.43 Å². The number of aromatic hydroxyl groups is 1. The molecule has 6 heteroatoms. The van der Waals surface area contributed by atoms with E-state index >= 15 is 0 Å². The summed E-state index contributed by atoms with van der Waals surface area (Å²) in [4.78, 5) is 32.6. The topological polar surface area (TPSA) is 86.7 Å². The molecule has 100 valence electrons. The lowest BCUT2D eigenvalue weighted by atomic mass is 10.1. The highest BCUT2D eigenvalue weighted by molar-refractivity contribution is 5.98. The summed E-state index contributed by atoms with van der Waals surface area (Å²) in [7, 11) is 0. The van der Waals surface area contributed by atoms with Crippen LogP contribution in [0, 0.1) is 0 Å². The Balaban J connectivity index is 0.000000159. The van der Waals surface area contributed by atoms with Crippen LogP contribution >= 0.6 is 0 Å². The number of carbonyl (C=O) groups is 3. The predicted octanol–water partition coefficient (Wildman–Crippen LogP) is 0.949. The van der Waals surface area contributed by atoms with Gasteiger partial charge in [-0.3, -0.25) is 19.8 Å². The summed E-state index contributed by atoms with van der Waals surface area (Å²) in [6.45, 7) is 1.26. The zero-order chi connectivity index (χ0) is 14.0. The van der Waals surface area contributed by atoms with Crippen LogP contribution in [0.25, 0.3) is 11.1 Å². The second-order valence-electron chi connectivity index (χ2n) is 4.38. The number of amides is 3. The van der Waals surface area contributed by atoms with Crippen molar-refractivity contribution < 1.29 is 19.5 Å². The largest absolute Gasteiger partial charge is 0.507 e. The minimum atomic E-state index is -0.404. The van der Waals surface area contributed by atoms with Crippen molar-refractivity contribution >= 4 is 17.7 Å². The Morgan fingerprint density at radius 2 is 1.89 bits per heavy atom. The molecule has 1 saturated heterocycles. The highest BCUT2D eigenvalue weighted by Gasteiger charge is 2.26. The molecule has 3 amide bonds. The number of hydrogen-bond donors (Lipinski definition) is 2. The van der Waals surface area contributed by atoms with Crippen LogP contribution in [-0.4, -0.2) is 27.8 Å². The van der Waals surface area contributed by atoms with E-state index in [1.54, 1.807) is 6.07 Å². The van der Waals surface area contributed by atoms with E-state index in [1.165, 1.54) is 12.5 Å². The van der Waals surface area contributed by atoms with Crippen molar-refractivity contribution in [1.82, 2.24) is 10.4 Å². The van der Waals surface area contributed by atoms with Crippen molar-refractivity contribution in [2.75, 3.05) is 0 Å². The Kier molecular flexibility index (Phi) is 3.50. The number of hydrogen-bond acceptors (Lipinski definition) is 4. The third-order valence-corrected chi connectivity index (χ3v) is 2.77. The molecule has 0 saturated carbocycles. The summed E-state index contributed by atoms with van der Waals surface area (Å²) in [6, 6.07) is 5.57. The number of carbonyl (C=O) groups excluding carboxylic acids is 3. The van der Waals surface area contributed by atoms with Gasteiger partial charge in [0.1, 0.15) is 5.75 Å². The number of nitrogens with zero attached hydrogens (tertiary/aromatic N) is 1. The SMILES string of the molecule is CC(=O)NN1C(=O)CCCC1=O.Oc1ccc2cc1-2. The van der Waals surface area contributed by atoms with Crippen molar-refractivity contribution in [3.8, 4) is 16.9 Å². The molecule has 3 aliphatic rings. The van der Waals surface area contributed by atoms with Crippen LogP contribution in [0.2, 0.25) is 0 Å². The van der Waals surface area contributed by atoms with Gasteiger partial charge in [0, 0.05) is 25.3 Å². The van der Waals surface area contributed by atoms with Gasteiger partial charge in [0.2, 0.25) is 17.7 Å². The fraction of sp³-hybridized carbons (Fsp3) is 0.308. The smallest absolute Gasteiger partial charge is 0.248 e. The maximum atomic E-state index is 11.0. The molecular weight excluding hydrogens is 248 g/mol. The zero-order valence-electron chi connectivity index (χ0n) is 10.5. The predicted molar refractivity (Wildman–Crippen MR) is 66.6 cm³/mol. The molecule has 0 bridgehead atoms. The number of hydrazine groups is 1. The number of rotatable bonds is 1. The summed E-state index contributed by atoms with van der Waals surface area (Å²) in [5.41, 5.74) is 4.40. The summed E-state index contributed by atoms with van der Waals surface area (Å²) >= 11 is 0. The molecular formula is C13H14N2O4. The van der Waals surface area contributed by atoms with Gasteiger partial charge in [0.15, 0.2) is 0 Å². The molecule has 6 nitrogen and oxygen atoms in total. The Morgan fingerprint density at radius 1 is 1.26 bits per heavy atom. The highest BCUT2D eigenvalue weighted by Crippen LogP contribution is 2.42. The highest BCUT2D eigenvalue weighted by atomic mass is 16.3. The number of phenols is 1. The van der Waals surface area contributed by atoms with Gasteiger partial charge in [0.25, 0.3) is 0 Å². The maximum Gasteiger partial charge on any atom is 0.248 e. The summed E-state index contributed by atoms with van der Waals surface area (Å²) < 4.78 is 0. The van der Waals surface area contributed by atoms with Gasteiger partial charge in [-0.25, -0.2) is 0 Å². The van der Waals surface area contributed by atoms with Crippen LogP contribution in [0.1, 0.15) is 26.2 Å². The molecule has 0 aromatic heterocycles. The third kappa shape index (κ3) is 3.09. The van der Waals surface area contributed by atoms with Gasteiger partial charge in [-0.1, -0.05) is 6.07 Å². The maximum absolute atomic E-state index is 11.0. The molecule has 1 fully saturated rings. The average Bonchev–Trinajstić information content (AvgIpc) is 3.04. The lowest BCUT2D eigenvalue weighted by Gasteiger charge is -2.23. The number of nitrogens with one attached hydrogen (secondary N) is 1. The molecule has 3 rings (SSSR count). The van der Waals surface area contributed by atoms with Crippen LogP contribution in [0.4, 0.5) is 0 Å². The first-order valence-corrected chi connectivity index (χ1v) is 5.95. The lowest BCUT2D eigenvalue weighted by molar-refractivity contribution is -0.155. The Bertz CT molecular complexity index is 538. The van der Waals surface area contributed by atoms with Crippen molar-refractivity contribution in [3.63, 3.8) is 0 Å². The Labute approximate surface area is 110 Å². The molecule has 0 aromatic rings. The minimum absolute atomic E-state index is 0.325. The van der Waals surface area contributed by atoms with Crippen molar-refractivity contribution in [2.45, 2.75) is 26.2 Å². The van der Waals surface area contributed by atoms with Crippen LogP contribution < -0.4 is 5.43 Å². The quantitative estimate of drug-likeness (QED) is 0.749. The van der Waals surface area contributed by atoms with Crippen LogP contribution in [0.15, 0.2) is 18.2 Å². The second kappa shape index (κ2) is 5.09. The van der Waals surface area contributed by atoms with Crippen molar-refractivity contribution in [1.29, 1.82) is 0 Å². The lowest BCUT2D eigenvalue weighted by Crippen LogP contribution is -2.50. The monoisotopic (exact) mass is 262 g/mol. The molecule has 2 N–H and O–H groups in total. The molecule has 0 spiro atoms. The van der Waals surface area contributed by atoms with E-state index < -0.39 is 5.91 Å². The van der Waals surface area contributed by atoms with E-state index in [0.717, 1.165) is 10.6 Å². The minimum Gasteiger partial charge on any atom is -0.507 e. The molecule has 0 unspecified atom stereocenters. The summed E-state index contributed by atoms with van der Waals surface area (Å²) in [5.74, 6) is -0.642. The zero-order valence-corrected chi connectivity index (χ0v) is 10.5. The van der Waals surface area contributed by atoms with Crippen LogP contribution in [0.5, 0.6) is 5.75 Å². The molecule has 0 radical (unpaired) electrons. The van der Waals surface area contributed by atoms with Gasteiger partial charge in [-0.2, -0.15) is 5.01 Å². The number of piperidine rings is 1.